The Kier molecular flexibility index (Phi) is 6.15. The van der Waals surface area contributed by atoms with Crippen molar-refractivity contribution in [3.8, 4) is 5.75 Å². The summed E-state index contributed by atoms with van der Waals surface area (Å²) in [6, 6.07) is 5.22. The van der Waals surface area contributed by atoms with Crippen molar-refractivity contribution in [2.75, 3.05) is 19.7 Å². The van der Waals surface area contributed by atoms with Crippen molar-refractivity contribution in [1.82, 2.24) is 4.90 Å². The van der Waals surface area contributed by atoms with Gasteiger partial charge in [-0.25, -0.2) is 0 Å². The van der Waals surface area contributed by atoms with Gasteiger partial charge in [-0.3, -0.25) is 4.79 Å². The van der Waals surface area contributed by atoms with Gasteiger partial charge in [0, 0.05) is 19.5 Å². The first kappa shape index (κ1) is 16.4. The van der Waals surface area contributed by atoms with E-state index in [0.29, 0.717) is 61.2 Å². The van der Waals surface area contributed by atoms with Crippen molar-refractivity contribution >= 4 is 29.1 Å². The van der Waals surface area contributed by atoms with Crippen LogP contribution in [0.5, 0.6) is 5.75 Å². The van der Waals surface area contributed by atoms with Crippen molar-refractivity contribution in [2.45, 2.75) is 31.8 Å². The van der Waals surface area contributed by atoms with Crippen LogP contribution in [0.2, 0.25) is 10.0 Å². The molecule has 0 aromatic heterocycles. The topological polar surface area (TPSA) is 49.8 Å². The monoisotopic (exact) mass is 331 g/mol. The number of nitrogens with zero attached hydrogens (tertiary/aromatic N) is 1. The Morgan fingerprint density at radius 1 is 1.33 bits per heavy atom. The number of halogens is 2. The third-order valence-electron chi connectivity index (χ3n) is 3.53. The Hall–Kier alpha value is -0.970. The Labute approximate surface area is 134 Å². The highest BCUT2D eigenvalue weighted by Gasteiger charge is 2.20. The molecule has 1 aromatic carbocycles. The van der Waals surface area contributed by atoms with E-state index in [4.69, 9.17) is 27.9 Å². The van der Waals surface area contributed by atoms with Crippen molar-refractivity contribution in [3.63, 3.8) is 0 Å². The Balaban J connectivity index is 1.70. The number of carbonyl (C=O) groups is 1. The van der Waals surface area contributed by atoms with Gasteiger partial charge in [-0.2, -0.15) is 0 Å². The summed E-state index contributed by atoms with van der Waals surface area (Å²) in [7, 11) is 0. The molecule has 21 heavy (non-hydrogen) atoms. The summed E-state index contributed by atoms with van der Waals surface area (Å²) in [5.41, 5.74) is 0. The first-order chi connectivity index (χ1) is 10.1. The van der Waals surface area contributed by atoms with Crippen LogP contribution in [0.4, 0.5) is 0 Å². The van der Waals surface area contributed by atoms with Crippen LogP contribution < -0.4 is 4.74 Å². The number of rotatable bonds is 5. The predicted molar refractivity (Wildman–Crippen MR) is 83.0 cm³/mol. The number of aliphatic hydroxyl groups is 1. The van der Waals surface area contributed by atoms with E-state index in [-0.39, 0.29) is 12.0 Å². The average Bonchev–Trinajstić information content (AvgIpc) is 2.48. The Bertz CT molecular complexity index is 488. The largest absolute Gasteiger partial charge is 0.492 e. The van der Waals surface area contributed by atoms with E-state index in [1.54, 1.807) is 23.1 Å². The second-order valence-corrected chi connectivity index (χ2v) is 5.90. The second-order valence-electron chi connectivity index (χ2n) is 5.12. The molecule has 4 nitrogen and oxygen atoms in total. The lowest BCUT2D eigenvalue weighted by Gasteiger charge is -2.29. The average molecular weight is 332 g/mol. The fourth-order valence-corrected chi connectivity index (χ4v) is 2.62. The fourth-order valence-electron chi connectivity index (χ4n) is 2.27. The minimum Gasteiger partial charge on any atom is -0.492 e. The van der Waals surface area contributed by atoms with Crippen LogP contribution in [0.15, 0.2) is 18.2 Å². The lowest BCUT2D eigenvalue weighted by atomic mass is 10.1. The summed E-state index contributed by atoms with van der Waals surface area (Å²) in [6.07, 6.45) is 2.14. The molecule has 1 saturated heterocycles. The van der Waals surface area contributed by atoms with Crippen LogP contribution in [-0.4, -0.2) is 41.7 Å². The van der Waals surface area contributed by atoms with E-state index in [0.717, 1.165) is 0 Å². The minimum atomic E-state index is -0.262. The van der Waals surface area contributed by atoms with Gasteiger partial charge in [-0.05, 0) is 31.4 Å². The van der Waals surface area contributed by atoms with Crippen LogP contribution in [0, 0.1) is 0 Å². The summed E-state index contributed by atoms with van der Waals surface area (Å²) in [6.45, 7) is 1.70. The summed E-state index contributed by atoms with van der Waals surface area (Å²) in [4.78, 5) is 13.8. The van der Waals surface area contributed by atoms with E-state index >= 15 is 0 Å². The van der Waals surface area contributed by atoms with E-state index in [1.165, 1.54) is 0 Å². The van der Waals surface area contributed by atoms with Gasteiger partial charge >= 0.3 is 0 Å². The van der Waals surface area contributed by atoms with E-state index < -0.39 is 0 Å². The second kappa shape index (κ2) is 7.87. The van der Waals surface area contributed by atoms with Crippen molar-refractivity contribution in [3.05, 3.63) is 28.2 Å². The smallest absolute Gasteiger partial charge is 0.222 e. The van der Waals surface area contributed by atoms with E-state index in [9.17, 15) is 9.90 Å². The first-order valence-corrected chi connectivity index (χ1v) is 7.86. The van der Waals surface area contributed by atoms with Gasteiger partial charge in [0.15, 0.2) is 0 Å². The molecule has 1 N–H and O–H groups in total. The normalized spacial score (nSPS) is 16.0. The Morgan fingerprint density at radius 3 is 2.76 bits per heavy atom. The molecule has 1 fully saturated rings. The number of piperidine rings is 1. The highest BCUT2D eigenvalue weighted by Crippen LogP contribution is 2.31. The molecule has 1 aromatic rings. The van der Waals surface area contributed by atoms with Crippen LogP contribution >= 0.6 is 23.2 Å². The van der Waals surface area contributed by atoms with E-state index in [1.807, 2.05) is 0 Å². The van der Waals surface area contributed by atoms with Gasteiger partial charge in [0.2, 0.25) is 5.91 Å². The van der Waals surface area contributed by atoms with Gasteiger partial charge in [0.1, 0.15) is 10.8 Å². The lowest BCUT2D eigenvalue weighted by Crippen LogP contribution is -2.40. The molecular formula is C15H19Cl2NO3. The molecule has 1 aliphatic rings. The van der Waals surface area contributed by atoms with Crippen LogP contribution in [-0.2, 0) is 4.79 Å². The van der Waals surface area contributed by atoms with Gasteiger partial charge in [0.25, 0.3) is 0 Å². The molecule has 1 amide bonds. The zero-order valence-corrected chi connectivity index (χ0v) is 13.2. The molecule has 2 rings (SSSR count). The summed E-state index contributed by atoms with van der Waals surface area (Å²) in [5.74, 6) is 0.653. The van der Waals surface area contributed by atoms with Crippen LogP contribution in [0.3, 0.4) is 0 Å². The number of hydrogen-bond donors (Lipinski definition) is 1. The molecule has 1 aliphatic heterocycles. The lowest BCUT2D eigenvalue weighted by molar-refractivity contribution is -0.133. The predicted octanol–water partition coefficient (Wildman–Crippen LogP) is 3.14. The number of benzene rings is 1. The zero-order valence-electron chi connectivity index (χ0n) is 11.7. The highest BCUT2D eigenvalue weighted by molar-refractivity contribution is 6.42. The number of hydrogen-bond acceptors (Lipinski definition) is 3. The molecule has 116 valence electrons. The quantitative estimate of drug-likeness (QED) is 0.843. The van der Waals surface area contributed by atoms with Crippen molar-refractivity contribution < 1.29 is 14.6 Å². The molecule has 0 aliphatic carbocycles. The first-order valence-electron chi connectivity index (χ1n) is 7.10. The van der Waals surface area contributed by atoms with Gasteiger partial charge in [-0.1, -0.05) is 29.3 Å². The number of ether oxygens (including phenoxy) is 1. The maximum atomic E-state index is 12.0. The maximum Gasteiger partial charge on any atom is 0.222 e. The molecular weight excluding hydrogens is 313 g/mol. The highest BCUT2D eigenvalue weighted by atomic mass is 35.5. The molecule has 6 heteroatoms. The fraction of sp³-hybridized carbons (Fsp3) is 0.533. The molecule has 0 saturated carbocycles. The molecule has 1 heterocycles. The third kappa shape index (κ3) is 4.77. The minimum absolute atomic E-state index is 0.114. The number of amides is 1. The summed E-state index contributed by atoms with van der Waals surface area (Å²) < 4.78 is 5.55. The van der Waals surface area contributed by atoms with Gasteiger partial charge in [0.05, 0.1) is 17.7 Å². The molecule has 0 unspecified atom stereocenters. The number of likely N-dealkylation sites (tertiary alicyclic amines) is 1. The van der Waals surface area contributed by atoms with Gasteiger partial charge in [-0.15, -0.1) is 0 Å². The van der Waals surface area contributed by atoms with Crippen molar-refractivity contribution in [1.29, 1.82) is 0 Å². The molecule has 0 bridgehead atoms. The Morgan fingerprint density at radius 2 is 2.05 bits per heavy atom. The number of carbonyl (C=O) groups excluding carboxylic acids is 1. The number of aliphatic hydroxyl groups excluding tert-OH is 1. The van der Waals surface area contributed by atoms with E-state index in [2.05, 4.69) is 0 Å². The van der Waals surface area contributed by atoms with Crippen LogP contribution in [0.1, 0.15) is 25.7 Å². The van der Waals surface area contributed by atoms with Gasteiger partial charge < -0.3 is 14.7 Å². The maximum absolute atomic E-state index is 12.0. The van der Waals surface area contributed by atoms with Crippen LogP contribution in [0.25, 0.3) is 0 Å². The molecule has 0 radical (unpaired) electrons. The summed E-state index contributed by atoms with van der Waals surface area (Å²) in [5, 5.41) is 10.3. The SMILES string of the molecule is O=C(CCCOc1cccc(Cl)c1Cl)N1CCC(O)CC1. The molecule has 0 spiro atoms. The third-order valence-corrected chi connectivity index (χ3v) is 4.33. The zero-order chi connectivity index (χ0) is 15.2. The summed E-state index contributed by atoms with van der Waals surface area (Å²) >= 11 is 11.9. The molecule has 0 atom stereocenters. The standard InChI is InChI=1S/C15H19Cl2NO3/c16-12-3-1-4-13(15(12)17)21-10-2-5-14(20)18-8-6-11(19)7-9-18/h1,3-4,11,19H,2,5-10H2. The van der Waals surface area contributed by atoms with Crippen molar-refractivity contribution in [2.24, 2.45) is 0 Å².